The number of esters is 3. The molecule has 388 valence electrons. The molecule has 6 heteroatoms. The standard InChI is InChI=1S/C61H108O6/c1-4-7-10-13-16-19-22-25-28-30-31-32-34-36-39-42-45-48-51-54-60(63)66-57-58(56-65-59(62)53-50-47-44-41-38-35-27-24-21-18-15-12-9-6-3)67-61(64)55-52-49-46-43-40-37-33-29-26-23-20-17-14-11-8-5-2/h15-16,18-19,24-25,27-28,31-32,58H,4-14,17,20-23,26,29-30,33-57H2,1-3H3/b18-15-,19-16-,27-24-,28-25-,32-31-/t58-/m1/s1. The summed E-state index contributed by atoms with van der Waals surface area (Å²) in [6.45, 7) is 6.58. The van der Waals surface area contributed by atoms with Crippen LogP contribution in [0.2, 0.25) is 0 Å². The van der Waals surface area contributed by atoms with Crippen LogP contribution in [0.3, 0.4) is 0 Å². The Bertz CT molecular complexity index is 1210. The van der Waals surface area contributed by atoms with Crippen LogP contribution < -0.4 is 0 Å². The van der Waals surface area contributed by atoms with E-state index in [1.165, 1.54) is 154 Å². The zero-order valence-corrected chi connectivity index (χ0v) is 44.4. The Labute approximate surface area is 415 Å². The van der Waals surface area contributed by atoms with Crippen molar-refractivity contribution in [1.29, 1.82) is 0 Å². The van der Waals surface area contributed by atoms with Gasteiger partial charge in [-0.05, 0) is 83.5 Å². The lowest BCUT2D eigenvalue weighted by Gasteiger charge is -2.18. The van der Waals surface area contributed by atoms with E-state index in [0.717, 1.165) is 96.3 Å². The van der Waals surface area contributed by atoms with Gasteiger partial charge >= 0.3 is 17.9 Å². The fourth-order valence-electron chi connectivity index (χ4n) is 8.11. The van der Waals surface area contributed by atoms with Crippen LogP contribution in [0.5, 0.6) is 0 Å². The molecule has 0 aromatic carbocycles. The number of ether oxygens (including phenoxy) is 3. The molecule has 0 aromatic heterocycles. The molecule has 0 heterocycles. The summed E-state index contributed by atoms with van der Waals surface area (Å²) in [5.41, 5.74) is 0. The van der Waals surface area contributed by atoms with Crippen molar-refractivity contribution in [3.63, 3.8) is 0 Å². The summed E-state index contributed by atoms with van der Waals surface area (Å²) in [6, 6.07) is 0. The molecule has 0 aliphatic rings. The molecule has 0 unspecified atom stereocenters. The molecule has 1 atom stereocenters. The lowest BCUT2D eigenvalue weighted by atomic mass is 10.0. The maximum Gasteiger partial charge on any atom is 0.306 e. The van der Waals surface area contributed by atoms with Crippen molar-refractivity contribution >= 4 is 17.9 Å². The van der Waals surface area contributed by atoms with Crippen LogP contribution in [0, 0.1) is 0 Å². The fourth-order valence-corrected chi connectivity index (χ4v) is 8.11. The Hall–Kier alpha value is -2.89. The van der Waals surface area contributed by atoms with Gasteiger partial charge in [-0.2, -0.15) is 0 Å². The molecule has 0 aromatic rings. The summed E-state index contributed by atoms with van der Waals surface area (Å²) < 4.78 is 16.9. The van der Waals surface area contributed by atoms with E-state index in [0.29, 0.717) is 19.3 Å². The van der Waals surface area contributed by atoms with E-state index in [1.807, 2.05) is 0 Å². The monoisotopic (exact) mass is 937 g/mol. The smallest absolute Gasteiger partial charge is 0.306 e. The van der Waals surface area contributed by atoms with Gasteiger partial charge in [0, 0.05) is 19.3 Å². The summed E-state index contributed by atoms with van der Waals surface area (Å²) in [4.78, 5) is 38.1. The minimum Gasteiger partial charge on any atom is -0.462 e. The van der Waals surface area contributed by atoms with Crippen LogP contribution in [0.15, 0.2) is 60.8 Å². The van der Waals surface area contributed by atoms with Crippen molar-refractivity contribution in [2.45, 2.75) is 297 Å². The maximum absolute atomic E-state index is 12.9. The topological polar surface area (TPSA) is 78.9 Å². The number of allylic oxidation sites excluding steroid dienone is 10. The summed E-state index contributed by atoms with van der Waals surface area (Å²) >= 11 is 0. The van der Waals surface area contributed by atoms with Crippen molar-refractivity contribution in [2.75, 3.05) is 13.2 Å². The Morgan fingerprint density at radius 2 is 0.552 bits per heavy atom. The van der Waals surface area contributed by atoms with Gasteiger partial charge in [-0.1, -0.05) is 248 Å². The van der Waals surface area contributed by atoms with Crippen molar-refractivity contribution in [3.8, 4) is 0 Å². The van der Waals surface area contributed by atoms with E-state index in [-0.39, 0.29) is 31.1 Å². The molecular weight excluding hydrogens is 829 g/mol. The molecule has 0 aliphatic heterocycles. The third-order valence-electron chi connectivity index (χ3n) is 12.5. The second kappa shape index (κ2) is 55.7. The van der Waals surface area contributed by atoms with Gasteiger partial charge in [0.2, 0.25) is 0 Å². The van der Waals surface area contributed by atoms with Gasteiger partial charge < -0.3 is 14.2 Å². The second-order valence-corrected chi connectivity index (χ2v) is 19.2. The highest BCUT2D eigenvalue weighted by atomic mass is 16.6. The maximum atomic E-state index is 12.9. The van der Waals surface area contributed by atoms with Gasteiger partial charge in [-0.15, -0.1) is 0 Å². The highest BCUT2D eigenvalue weighted by Gasteiger charge is 2.19. The highest BCUT2D eigenvalue weighted by molar-refractivity contribution is 5.71. The number of carbonyl (C=O) groups excluding carboxylic acids is 3. The van der Waals surface area contributed by atoms with Crippen molar-refractivity contribution < 1.29 is 28.6 Å². The number of hydrogen-bond donors (Lipinski definition) is 0. The molecule has 0 saturated carbocycles. The molecule has 0 N–H and O–H groups in total. The van der Waals surface area contributed by atoms with Gasteiger partial charge in [-0.3, -0.25) is 14.4 Å². The first-order chi connectivity index (χ1) is 33.0. The van der Waals surface area contributed by atoms with Gasteiger partial charge in [-0.25, -0.2) is 0 Å². The lowest BCUT2D eigenvalue weighted by molar-refractivity contribution is -0.167. The molecule has 0 amide bonds. The third kappa shape index (κ3) is 53.9. The number of unbranched alkanes of at least 4 members (excludes halogenated alkanes) is 31. The predicted octanol–water partition coefficient (Wildman–Crippen LogP) is 19.2. The van der Waals surface area contributed by atoms with E-state index in [1.54, 1.807) is 0 Å². The Morgan fingerprint density at radius 1 is 0.299 bits per heavy atom. The van der Waals surface area contributed by atoms with Gasteiger partial charge in [0.15, 0.2) is 6.10 Å². The molecule has 6 nitrogen and oxygen atoms in total. The van der Waals surface area contributed by atoms with Crippen LogP contribution >= 0.6 is 0 Å². The molecule has 67 heavy (non-hydrogen) atoms. The van der Waals surface area contributed by atoms with Crippen LogP contribution in [0.4, 0.5) is 0 Å². The van der Waals surface area contributed by atoms with Crippen molar-refractivity contribution in [2.24, 2.45) is 0 Å². The lowest BCUT2D eigenvalue weighted by Crippen LogP contribution is -2.30. The quantitative estimate of drug-likeness (QED) is 0.0262. The van der Waals surface area contributed by atoms with Crippen LogP contribution in [-0.2, 0) is 28.6 Å². The predicted molar refractivity (Wildman–Crippen MR) is 288 cm³/mol. The van der Waals surface area contributed by atoms with Crippen LogP contribution in [0.1, 0.15) is 290 Å². The first-order valence-corrected chi connectivity index (χ1v) is 28.8. The van der Waals surface area contributed by atoms with Crippen LogP contribution in [0.25, 0.3) is 0 Å². The normalized spacial score (nSPS) is 12.5. The Balaban J connectivity index is 4.39. The minimum atomic E-state index is -0.784. The van der Waals surface area contributed by atoms with E-state index >= 15 is 0 Å². The molecule has 0 rings (SSSR count). The van der Waals surface area contributed by atoms with Crippen LogP contribution in [-0.4, -0.2) is 37.2 Å². The average Bonchev–Trinajstić information content (AvgIpc) is 3.33. The molecule has 0 spiro atoms. The Morgan fingerprint density at radius 3 is 0.910 bits per heavy atom. The molecule has 0 saturated heterocycles. The highest BCUT2D eigenvalue weighted by Crippen LogP contribution is 2.16. The molecule has 0 bridgehead atoms. The zero-order valence-electron chi connectivity index (χ0n) is 44.4. The van der Waals surface area contributed by atoms with Gasteiger partial charge in [0.25, 0.3) is 0 Å². The summed E-state index contributed by atoms with van der Waals surface area (Å²) in [6.07, 6.45) is 69.2. The van der Waals surface area contributed by atoms with Gasteiger partial charge in [0.05, 0.1) is 0 Å². The average molecular weight is 938 g/mol. The molecule has 0 fully saturated rings. The fraction of sp³-hybridized carbons (Fsp3) is 0.787. The molecule has 0 radical (unpaired) electrons. The van der Waals surface area contributed by atoms with E-state index in [9.17, 15) is 14.4 Å². The first kappa shape index (κ1) is 64.1. The van der Waals surface area contributed by atoms with E-state index < -0.39 is 6.10 Å². The molecular formula is C61H108O6. The zero-order chi connectivity index (χ0) is 48.6. The summed E-state index contributed by atoms with van der Waals surface area (Å²) in [5, 5.41) is 0. The third-order valence-corrected chi connectivity index (χ3v) is 12.5. The number of rotatable bonds is 52. The van der Waals surface area contributed by atoms with Gasteiger partial charge in [0.1, 0.15) is 13.2 Å². The van der Waals surface area contributed by atoms with Crippen molar-refractivity contribution in [3.05, 3.63) is 60.8 Å². The molecule has 0 aliphatic carbocycles. The largest absolute Gasteiger partial charge is 0.462 e. The number of hydrogen-bond acceptors (Lipinski definition) is 6. The SMILES string of the molecule is CCCC/C=C\C/C=C\CCCCCCCC(=O)OC[C@H](COC(=O)CCCCCCCC/C=C\C/C=C\C/C=C\CCCCC)OC(=O)CCCCCCCCCCCCCCCCCC. The number of carbonyl (C=O) groups is 3. The first-order valence-electron chi connectivity index (χ1n) is 28.8. The second-order valence-electron chi connectivity index (χ2n) is 19.2. The van der Waals surface area contributed by atoms with E-state index in [4.69, 9.17) is 14.2 Å². The summed E-state index contributed by atoms with van der Waals surface area (Å²) in [7, 11) is 0. The summed E-state index contributed by atoms with van der Waals surface area (Å²) in [5.74, 6) is -0.896. The minimum absolute atomic E-state index is 0.0834. The Kier molecular flexibility index (Phi) is 53.3. The van der Waals surface area contributed by atoms with E-state index in [2.05, 4.69) is 81.5 Å². The van der Waals surface area contributed by atoms with Crippen molar-refractivity contribution in [1.82, 2.24) is 0 Å².